The van der Waals surface area contributed by atoms with Crippen LogP contribution in [-0.2, 0) is 6.18 Å². The summed E-state index contributed by atoms with van der Waals surface area (Å²) in [6.45, 7) is 3.93. The van der Waals surface area contributed by atoms with Crippen LogP contribution >= 0.6 is 11.3 Å². The predicted molar refractivity (Wildman–Crippen MR) is 89.5 cm³/mol. The Labute approximate surface area is 140 Å². The van der Waals surface area contributed by atoms with Gasteiger partial charge in [0.2, 0.25) is 0 Å². The van der Waals surface area contributed by atoms with Gasteiger partial charge in [-0.2, -0.15) is 18.3 Å². The van der Waals surface area contributed by atoms with E-state index in [1.54, 1.807) is 0 Å². The fourth-order valence-corrected chi connectivity index (χ4v) is 3.29. The van der Waals surface area contributed by atoms with Crippen LogP contribution in [0.2, 0.25) is 0 Å². The number of aryl methyl sites for hydroxylation is 2. The third-order valence-electron chi connectivity index (χ3n) is 3.61. The first kappa shape index (κ1) is 16.4. The number of hydrogen-bond acceptors (Lipinski definition) is 5. The molecule has 0 saturated carbocycles. The highest BCUT2D eigenvalue weighted by Gasteiger charge is 2.32. The van der Waals surface area contributed by atoms with Gasteiger partial charge in [-0.25, -0.2) is 9.97 Å². The van der Waals surface area contributed by atoms with E-state index in [1.807, 2.05) is 13.8 Å². The molecule has 0 fully saturated rings. The molecule has 0 aliphatic rings. The number of hydrogen-bond donors (Lipinski definition) is 1. The molecule has 4 nitrogen and oxygen atoms in total. The Bertz CT molecular complexity index is 915. The Morgan fingerprint density at radius 1 is 1.17 bits per heavy atom. The number of nitrogens with one attached hydrogen (secondary N) is 1. The van der Waals surface area contributed by atoms with Gasteiger partial charge in [0.15, 0.2) is 5.82 Å². The molecule has 2 aromatic heterocycles. The number of rotatable bonds is 3. The van der Waals surface area contributed by atoms with Gasteiger partial charge in [-0.1, -0.05) is 18.2 Å². The van der Waals surface area contributed by atoms with E-state index >= 15 is 0 Å². The zero-order valence-electron chi connectivity index (χ0n) is 12.8. The normalized spacial score (nSPS) is 12.2. The average molecular weight is 350 g/mol. The van der Waals surface area contributed by atoms with Gasteiger partial charge in [-0.05, 0) is 25.5 Å². The predicted octanol–water partition coefficient (Wildman–Crippen LogP) is 4.77. The molecule has 0 amide bonds. The Kier molecular flexibility index (Phi) is 4.23. The molecule has 3 aromatic rings. The second-order valence-corrected chi connectivity index (χ2v) is 6.34. The molecular weight excluding hydrogens is 337 g/mol. The molecule has 0 saturated heterocycles. The minimum Gasteiger partial charge on any atom is -0.261 e. The molecule has 1 N–H and O–H groups in total. The third kappa shape index (κ3) is 3.09. The lowest BCUT2D eigenvalue weighted by molar-refractivity contribution is -0.137. The summed E-state index contributed by atoms with van der Waals surface area (Å²) in [4.78, 5) is 10.3. The van der Waals surface area contributed by atoms with Crippen molar-refractivity contribution >= 4 is 33.6 Å². The van der Waals surface area contributed by atoms with E-state index in [4.69, 9.17) is 0 Å². The summed E-state index contributed by atoms with van der Waals surface area (Å²) in [6.07, 6.45) is -1.88. The van der Waals surface area contributed by atoms with E-state index in [2.05, 4.69) is 20.5 Å². The van der Waals surface area contributed by atoms with Crippen molar-refractivity contribution in [1.82, 2.24) is 9.97 Å². The van der Waals surface area contributed by atoms with Crippen LogP contribution in [-0.4, -0.2) is 16.2 Å². The van der Waals surface area contributed by atoms with Crippen LogP contribution in [0.5, 0.6) is 0 Å². The second-order valence-electron chi connectivity index (χ2n) is 5.14. The van der Waals surface area contributed by atoms with Crippen molar-refractivity contribution in [3.63, 3.8) is 0 Å². The molecule has 0 radical (unpaired) electrons. The Balaban J connectivity index is 1.91. The fraction of sp³-hybridized carbons (Fsp3) is 0.188. The Morgan fingerprint density at radius 3 is 2.67 bits per heavy atom. The summed E-state index contributed by atoms with van der Waals surface area (Å²) < 4.78 is 38.9. The van der Waals surface area contributed by atoms with Crippen molar-refractivity contribution < 1.29 is 13.2 Å². The molecule has 0 aliphatic heterocycles. The van der Waals surface area contributed by atoms with Gasteiger partial charge in [0.1, 0.15) is 11.2 Å². The zero-order chi connectivity index (χ0) is 17.3. The summed E-state index contributed by atoms with van der Waals surface area (Å²) in [5.41, 5.74) is 3.01. The molecule has 0 unspecified atom stereocenters. The standard InChI is InChI=1S/C16H13F3N4S/c1-9-10(2)24-15-13(9)14(20-8-21-15)23-22-7-11-5-3-4-6-12(11)16(17,18)19/h3-8H,1-2H3,(H,20,21,23)/b22-7+. The van der Waals surface area contributed by atoms with E-state index in [9.17, 15) is 13.2 Å². The highest BCUT2D eigenvalue weighted by Crippen LogP contribution is 2.33. The number of thiophene rings is 1. The number of fused-ring (bicyclic) bond motifs is 1. The van der Waals surface area contributed by atoms with Crippen molar-refractivity contribution in [3.05, 3.63) is 52.2 Å². The van der Waals surface area contributed by atoms with Gasteiger partial charge in [-0.15, -0.1) is 11.3 Å². The van der Waals surface area contributed by atoms with Crippen LogP contribution in [0.4, 0.5) is 19.0 Å². The molecule has 0 atom stereocenters. The van der Waals surface area contributed by atoms with Crippen molar-refractivity contribution in [1.29, 1.82) is 0 Å². The monoisotopic (exact) mass is 350 g/mol. The molecule has 0 bridgehead atoms. The number of hydrazone groups is 1. The maximum Gasteiger partial charge on any atom is 0.417 e. The summed E-state index contributed by atoms with van der Waals surface area (Å²) in [5, 5.41) is 4.76. The Morgan fingerprint density at radius 2 is 1.92 bits per heavy atom. The van der Waals surface area contributed by atoms with Crippen molar-refractivity contribution in [2.75, 3.05) is 5.43 Å². The number of nitrogens with zero attached hydrogens (tertiary/aromatic N) is 3. The van der Waals surface area contributed by atoms with Crippen LogP contribution < -0.4 is 5.43 Å². The number of anilines is 1. The van der Waals surface area contributed by atoms with Crippen molar-refractivity contribution in [3.8, 4) is 0 Å². The van der Waals surface area contributed by atoms with Gasteiger partial charge in [0, 0.05) is 10.4 Å². The van der Waals surface area contributed by atoms with Gasteiger partial charge in [-0.3, -0.25) is 5.43 Å². The first-order valence-electron chi connectivity index (χ1n) is 7.04. The Hall–Kier alpha value is -2.48. The number of alkyl halides is 3. The smallest absolute Gasteiger partial charge is 0.261 e. The van der Waals surface area contributed by atoms with E-state index in [-0.39, 0.29) is 5.56 Å². The molecule has 8 heteroatoms. The largest absolute Gasteiger partial charge is 0.417 e. The molecule has 1 aromatic carbocycles. The SMILES string of the molecule is Cc1sc2ncnc(N/N=C/c3ccccc3C(F)(F)F)c2c1C. The minimum absolute atomic E-state index is 0.0129. The first-order valence-corrected chi connectivity index (χ1v) is 7.85. The lowest BCUT2D eigenvalue weighted by atomic mass is 10.1. The lowest BCUT2D eigenvalue weighted by Crippen LogP contribution is -2.09. The summed E-state index contributed by atoms with van der Waals surface area (Å²) in [6, 6.07) is 5.27. The highest BCUT2D eigenvalue weighted by atomic mass is 32.1. The molecule has 3 rings (SSSR count). The fourth-order valence-electron chi connectivity index (χ4n) is 2.30. The molecule has 24 heavy (non-hydrogen) atoms. The molecule has 0 spiro atoms. The van der Waals surface area contributed by atoms with Crippen LogP contribution in [0.25, 0.3) is 10.2 Å². The van der Waals surface area contributed by atoms with E-state index in [0.717, 1.165) is 32.9 Å². The summed E-state index contributed by atoms with van der Waals surface area (Å²) >= 11 is 1.54. The lowest BCUT2D eigenvalue weighted by Gasteiger charge is -2.09. The molecule has 124 valence electrons. The molecule has 2 heterocycles. The quantitative estimate of drug-likeness (QED) is 0.547. The van der Waals surface area contributed by atoms with E-state index in [0.29, 0.717) is 5.82 Å². The first-order chi connectivity index (χ1) is 11.4. The second kappa shape index (κ2) is 6.20. The van der Waals surface area contributed by atoms with Crippen LogP contribution in [0.3, 0.4) is 0 Å². The number of benzene rings is 1. The summed E-state index contributed by atoms with van der Waals surface area (Å²) in [7, 11) is 0. The van der Waals surface area contributed by atoms with Gasteiger partial charge < -0.3 is 0 Å². The van der Waals surface area contributed by atoms with E-state index < -0.39 is 11.7 Å². The molecular formula is C16H13F3N4S. The zero-order valence-corrected chi connectivity index (χ0v) is 13.7. The highest BCUT2D eigenvalue weighted by molar-refractivity contribution is 7.18. The minimum atomic E-state index is -4.42. The topological polar surface area (TPSA) is 50.2 Å². The van der Waals surface area contributed by atoms with Crippen molar-refractivity contribution in [2.45, 2.75) is 20.0 Å². The van der Waals surface area contributed by atoms with Crippen molar-refractivity contribution in [2.24, 2.45) is 5.10 Å². The maximum atomic E-state index is 13.0. The van der Waals surface area contributed by atoms with E-state index in [1.165, 1.54) is 35.9 Å². The maximum absolute atomic E-state index is 13.0. The van der Waals surface area contributed by atoms with Crippen LogP contribution in [0.15, 0.2) is 35.7 Å². The summed E-state index contributed by atoms with van der Waals surface area (Å²) in [5.74, 6) is 0.475. The van der Waals surface area contributed by atoms with Gasteiger partial charge in [0.25, 0.3) is 0 Å². The van der Waals surface area contributed by atoms with Crippen LogP contribution in [0.1, 0.15) is 21.6 Å². The average Bonchev–Trinajstić information content (AvgIpc) is 2.82. The third-order valence-corrected chi connectivity index (χ3v) is 4.72. The van der Waals surface area contributed by atoms with Gasteiger partial charge >= 0.3 is 6.18 Å². The molecule has 0 aliphatic carbocycles. The van der Waals surface area contributed by atoms with Gasteiger partial charge in [0.05, 0.1) is 17.2 Å². The number of aromatic nitrogens is 2. The number of halogens is 3. The van der Waals surface area contributed by atoms with Crippen LogP contribution in [0, 0.1) is 13.8 Å².